The molecule has 27 heavy (non-hydrogen) atoms. The van der Waals surface area contributed by atoms with Crippen LogP contribution in [0.2, 0.25) is 0 Å². The van der Waals surface area contributed by atoms with E-state index < -0.39 is 10.0 Å². The summed E-state index contributed by atoms with van der Waals surface area (Å²) < 4.78 is 36.3. The number of benzene rings is 2. The van der Waals surface area contributed by atoms with Crippen molar-refractivity contribution in [1.29, 1.82) is 0 Å². The van der Waals surface area contributed by atoms with E-state index in [1.807, 2.05) is 6.07 Å². The molecule has 0 aromatic heterocycles. The predicted molar refractivity (Wildman–Crippen MR) is 101 cm³/mol. The van der Waals surface area contributed by atoms with Gasteiger partial charge in [0.05, 0.1) is 4.90 Å². The van der Waals surface area contributed by atoms with E-state index in [0.717, 1.165) is 13.1 Å². The number of likely N-dealkylation sites (tertiary alicyclic amines) is 1. The van der Waals surface area contributed by atoms with Gasteiger partial charge in [-0.1, -0.05) is 18.2 Å². The first-order valence-electron chi connectivity index (χ1n) is 8.72. The van der Waals surface area contributed by atoms with Crippen molar-refractivity contribution in [3.05, 3.63) is 59.9 Å². The summed E-state index contributed by atoms with van der Waals surface area (Å²) in [7, 11) is -3.75. The lowest BCUT2D eigenvalue weighted by Gasteiger charge is -2.31. The summed E-state index contributed by atoms with van der Waals surface area (Å²) in [6, 6.07) is 12.5. The van der Waals surface area contributed by atoms with Crippen molar-refractivity contribution < 1.29 is 17.6 Å². The quantitative estimate of drug-likeness (QED) is 0.818. The maximum absolute atomic E-state index is 13.8. The zero-order valence-corrected chi connectivity index (χ0v) is 15.6. The molecular weight excluding hydrogens is 369 g/mol. The van der Waals surface area contributed by atoms with Gasteiger partial charge < -0.3 is 5.32 Å². The number of primary sulfonamides is 1. The molecule has 3 rings (SSSR count). The van der Waals surface area contributed by atoms with Crippen LogP contribution in [0.3, 0.4) is 0 Å². The minimum atomic E-state index is -3.75. The number of amides is 1. The van der Waals surface area contributed by atoms with Gasteiger partial charge in [-0.05, 0) is 56.3 Å². The van der Waals surface area contributed by atoms with Crippen molar-refractivity contribution in [2.45, 2.75) is 24.3 Å². The molecule has 0 bridgehead atoms. The first-order valence-corrected chi connectivity index (χ1v) is 10.3. The van der Waals surface area contributed by atoms with Gasteiger partial charge in [0.2, 0.25) is 15.9 Å². The normalized spacial score (nSPS) is 16.2. The molecule has 1 saturated heterocycles. The zero-order chi connectivity index (χ0) is 19.4. The summed E-state index contributed by atoms with van der Waals surface area (Å²) in [6.07, 6.45) is 1.38. The minimum absolute atomic E-state index is 0.00181. The van der Waals surface area contributed by atoms with Crippen molar-refractivity contribution in [1.82, 2.24) is 4.90 Å². The third kappa shape index (κ3) is 5.12. The summed E-state index contributed by atoms with van der Waals surface area (Å²) >= 11 is 0. The highest BCUT2D eigenvalue weighted by Gasteiger charge is 2.25. The average Bonchev–Trinajstić information content (AvgIpc) is 2.64. The van der Waals surface area contributed by atoms with Crippen molar-refractivity contribution in [2.24, 2.45) is 11.1 Å². The lowest BCUT2D eigenvalue weighted by atomic mass is 9.95. The van der Waals surface area contributed by atoms with E-state index in [4.69, 9.17) is 5.14 Å². The number of carbonyl (C=O) groups is 1. The molecule has 0 unspecified atom stereocenters. The van der Waals surface area contributed by atoms with Gasteiger partial charge in [0, 0.05) is 23.7 Å². The fourth-order valence-electron chi connectivity index (χ4n) is 3.19. The number of nitrogens with two attached hydrogens (primary N) is 1. The SMILES string of the molecule is NS(=O)(=O)c1ccc(NC(=O)C2CCN(Cc3ccccc3F)CC2)cc1. The molecule has 2 aromatic carbocycles. The summed E-state index contributed by atoms with van der Waals surface area (Å²) in [5.41, 5.74) is 1.19. The van der Waals surface area contributed by atoms with Gasteiger partial charge in [0.15, 0.2) is 0 Å². The molecule has 0 radical (unpaired) electrons. The molecule has 0 aliphatic carbocycles. The van der Waals surface area contributed by atoms with Crippen LogP contribution >= 0.6 is 0 Å². The second kappa shape index (κ2) is 8.16. The third-order valence-electron chi connectivity index (χ3n) is 4.76. The van der Waals surface area contributed by atoms with Gasteiger partial charge >= 0.3 is 0 Å². The van der Waals surface area contributed by atoms with Crippen molar-refractivity contribution in [2.75, 3.05) is 18.4 Å². The average molecular weight is 391 g/mol. The summed E-state index contributed by atoms with van der Waals surface area (Å²) in [5, 5.41) is 7.87. The standard InChI is InChI=1S/C19H22FN3O3S/c20-18-4-2-1-3-15(18)13-23-11-9-14(10-12-23)19(24)22-16-5-7-17(8-6-16)27(21,25)26/h1-8,14H,9-13H2,(H,22,24)(H2,21,25,26). The summed E-state index contributed by atoms with van der Waals surface area (Å²) in [5.74, 6) is -0.427. The number of sulfonamides is 1. The minimum Gasteiger partial charge on any atom is -0.326 e. The highest BCUT2D eigenvalue weighted by molar-refractivity contribution is 7.89. The molecule has 6 nitrogen and oxygen atoms in total. The third-order valence-corrected chi connectivity index (χ3v) is 5.69. The van der Waals surface area contributed by atoms with Gasteiger partial charge in [0.1, 0.15) is 5.82 Å². The number of halogens is 1. The maximum Gasteiger partial charge on any atom is 0.238 e. The number of hydrogen-bond acceptors (Lipinski definition) is 4. The molecule has 144 valence electrons. The lowest BCUT2D eigenvalue weighted by molar-refractivity contribution is -0.121. The highest BCUT2D eigenvalue weighted by atomic mass is 32.2. The van der Waals surface area contributed by atoms with Crippen LogP contribution in [0.25, 0.3) is 0 Å². The second-order valence-corrected chi connectivity index (χ2v) is 8.26. The highest BCUT2D eigenvalue weighted by Crippen LogP contribution is 2.22. The number of piperidine rings is 1. The maximum atomic E-state index is 13.8. The fraction of sp³-hybridized carbons (Fsp3) is 0.316. The molecule has 1 heterocycles. The van der Waals surface area contributed by atoms with E-state index in [9.17, 15) is 17.6 Å². The van der Waals surface area contributed by atoms with E-state index in [-0.39, 0.29) is 22.5 Å². The second-order valence-electron chi connectivity index (χ2n) is 6.70. The molecule has 1 aliphatic rings. The van der Waals surface area contributed by atoms with Crippen LogP contribution in [0.15, 0.2) is 53.4 Å². The topological polar surface area (TPSA) is 92.5 Å². The van der Waals surface area contributed by atoms with E-state index in [1.165, 1.54) is 30.3 Å². The Hall–Kier alpha value is -2.29. The van der Waals surface area contributed by atoms with Gasteiger partial charge in [-0.2, -0.15) is 0 Å². The number of hydrogen-bond donors (Lipinski definition) is 2. The lowest BCUT2D eigenvalue weighted by Crippen LogP contribution is -2.37. The summed E-state index contributed by atoms with van der Waals surface area (Å²) in [4.78, 5) is 14.6. The Morgan fingerprint density at radius 1 is 1.11 bits per heavy atom. The van der Waals surface area contributed by atoms with Gasteiger partial charge in [-0.3, -0.25) is 9.69 Å². The Morgan fingerprint density at radius 3 is 2.33 bits per heavy atom. The van der Waals surface area contributed by atoms with Crippen molar-refractivity contribution in [3.63, 3.8) is 0 Å². The molecule has 1 fully saturated rings. The first kappa shape index (κ1) is 19.5. The number of carbonyl (C=O) groups excluding carboxylic acids is 1. The number of anilines is 1. The van der Waals surface area contributed by atoms with Gasteiger partial charge in [-0.15, -0.1) is 0 Å². The van der Waals surface area contributed by atoms with Crippen LogP contribution in [-0.2, 0) is 21.4 Å². The van der Waals surface area contributed by atoms with Crippen molar-refractivity contribution >= 4 is 21.6 Å². The van der Waals surface area contributed by atoms with E-state index in [1.54, 1.807) is 12.1 Å². The van der Waals surface area contributed by atoms with Crippen LogP contribution in [0.4, 0.5) is 10.1 Å². The Balaban J connectivity index is 1.52. The molecule has 1 aliphatic heterocycles. The van der Waals surface area contributed by atoms with Gasteiger partial charge in [0.25, 0.3) is 0 Å². The molecule has 0 spiro atoms. The molecule has 1 amide bonds. The van der Waals surface area contributed by atoms with Crippen molar-refractivity contribution in [3.8, 4) is 0 Å². The largest absolute Gasteiger partial charge is 0.326 e. The van der Waals surface area contributed by atoms with Crippen LogP contribution < -0.4 is 10.5 Å². The van der Waals surface area contributed by atoms with Crippen LogP contribution in [-0.4, -0.2) is 32.3 Å². The molecule has 2 aromatic rings. The zero-order valence-electron chi connectivity index (χ0n) is 14.8. The molecule has 8 heteroatoms. The molecule has 0 atom stereocenters. The Kier molecular flexibility index (Phi) is 5.88. The fourth-order valence-corrected chi connectivity index (χ4v) is 3.71. The van der Waals surface area contributed by atoms with E-state index >= 15 is 0 Å². The monoisotopic (exact) mass is 391 g/mol. The van der Waals surface area contributed by atoms with E-state index in [0.29, 0.717) is 30.6 Å². The van der Waals surface area contributed by atoms with Crippen LogP contribution in [0.1, 0.15) is 18.4 Å². The number of rotatable bonds is 5. The van der Waals surface area contributed by atoms with Gasteiger partial charge in [-0.25, -0.2) is 17.9 Å². The predicted octanol–water partition coefficient (Wildman–Crippen LogP) is 2.32. The van der Waals surface area contributed by atoms with E-state index in [2.05, 4.69) is 10.2 Å². The smallest absolute Gasteiger partial charge is 0.238 e. The number of nitrogens with one attached hydrogen (secondary N) is 1. The molecule has 0 saturated carbocycles. The van der Waals surface area contributed by atoms with Crippen LogP contribution in [0, 0.1) is 11.7 Å². The van der Waals surface area contributed by atoms with Crippen LogP contribution in [0.5, 0.6) is 0 Å². The Bertz CT molecular complexity index is 908. The first-order chi connectivity index (χ1) is 12.8. The Labute approximate surface area is 158 Å². The number of nitrogens with zero attached hydrogens (tertiary/aromatic N) is 1. The Morgan fingerprint density at radius 2 is 1.74 bits per heavy atom. The summed E-state index contributed by atoms with van der Waals surface area (Å²) in [6.45, 7) is 1.98. The molecule has 3 N–H and O–H groups in total. The molecular formula is C19H22FN3O3S.